The first-order chi connectivity index (χ1) is 41.8. The van der Waals surface area contributed by atoms with Gasteiger partial charge < -0.3 is 9.80 Å². The predicted molar refractivity (Wildman–Crippen MR) is 356 cm³/mol. The minimum absolute atomic E-state index is 0.217. The summed E-state index contributed by atoms with van der Waals surface area (Å²) in [7, 11) is 0. The summed E-state index contributed by atoms with van der Waals surface area (Å²) in [6, 6.07) is 99.2. The van der Waals surface area contributed by atoms with Gasteiger partial charge in [0.05, 0.1) is 0 Å². The summed E-state index contributed by atoms with van der Waals surface area (Å²) < 4.78 is 0. The molecule has 0 unspecified atom stereocenters. The van der Waals surface area contributed by atoms with E-state index in [1.165, 1.54) is 156 Å². The number of fused-ring (bicyclic) bond motifs is 3. The van der Waals surface area contributed by atoms with E-state index in [9.17, 15) is 0 Å². The van der Waals surface area contributed by atoms with Crippen LogP contribution in [0.4, 0.5) is 34.1 Å². The number of benzene rings is 11. The van der Waals surface area contributed by atoms with Gasteiger partial charge in [0.15, 0.2) is 0 Å². The Morgan fingerprint density at radius 1 is 0.318 bits per heavy atom. The van der Waals surface area contributed by atoms with Crippen LogP contribution < -0.4 is 9.80 Å². The molecule has 2 nitrogen and oxygen atoms in total. The molecule has 0 saturated heterocycles. The fourth-order valence-electron chi connectivity index (χ4n) is 16.8. The molecule has 85 heavy (non-hydrogen) atoms. The molecule has 4 saturated carbocycles. The Hall–Kier alpha value is -8.98. The Balaban J connectivity index is 0.792. The molecule has 9 aliphatic rings. The van der Waals surface area contributed by atoms with Crippen LogP contribution in [-0.4, -0.2) is 0 Å². The zero-order valence-corrected chi connectivity index (χ0v) is 49.0. The summed E-state index contributed by atoms with van der Waals surface area (Å²) in [5.74, 6) is 2.77. The highest BCUT2D eigenvalue weighted by Gasteiger charge is 2.51. The van der Waals surface area contributed by atoms with E-state index in [0.29, 0.717) is 5.41 Å². The van der Waals surface area contributed by atoms with Crippen LogP contribution in [0.5, 0.6) is 0 Å². The van der Waals surface area contributed by atoms with Gasteiger partial charge in [-0.15, -0.1) is 0 Å². The Morgan fingerprint density at radius 2 is 0.753 bits per heavy atom. The van der Waals surface area contributed by atoms with Gasteiger partial charge in [-0.25, -0.2) is 0 Å². The second-order valence-electron chi connectivity index (χ2n) is 26.2. The second-order valence-corrected chi connectivity index (χ2v) is 26.2. The lowest BCUT2D eigenvalue weighted by atomic mass is 9.48. The quantitative estimate of drug-likeness (QED) is 0.127. The highest BCUT2D eigenvalue weighted by Crippen LogP contribution is 2.61. The van der Waals surface area contributed by atoms with Crippen LogP contribution in [0, 0.1) is 17.8 Å². The van der Waals surface area contributed by atoms with Crippen LogP contribution in [0.3, 0.4) is 0 Å². The Labute approximate surface area is 503 Å². The van der Waals surface area contributed by atoms with E-state index in [1.54, 1.807) is 5.56 Å². The van der Waals surface area contributed by atoms with E-state index in [-0.39, 0.29) is 5.41 Å². The average Bonchev–Trinajstić information content (AvgIpc) is 1.90. The molecule has 414 valence electrons. The summed E-state index contributed by atoms with van der Waals surface area (Å²) in [5.41, 5.74) is 29.7. The lowest BCUT2D eigenvalue weighted by molar-refractivity contribution is -0.00518. The lowest BCUT2D eigenvalue weighted by Gasteiger charge is -2.57. The van der Waals surface area contributed by atoms with Crippen molar-refractivity contribution < 1.29 is 0 Å². The van der Waals surface area contributed by atoms with Crippen molar-refractivity contribution in [3.05, 3.63) is 300 Å². The second kappa shape index (κ2) is 21.0. The number of aryl methyl sites for hydroxylation is 4. The van der Waals surface area contributed by atoms with Crippen molar-refractivity contribution in [1.29, 1.82) is 0 Å². The Morgan fingerprint density at radius 3 is 1.29 bits per heavy atom. The van der Waals surface area contributed by atoms with Crippen molar-refractivity contribution in [1.82, 2.24) is 0 Å². The van der Waals surface area contributed by atoms with Crippen LogP contribution in [0.2, 0.25) is 0 Å². The van der Waals surface area contributed by atoms with Gasteiger partial charge in [-0.2, -0.15) is 0 Å². The van der Waals surface area contributed by atoms with E-state index in [0.717, 1.165) is 49.1 Å². The summed E-state index contributed by atoms with van der Waals surface area (Å²) in [5, 5.41) is 0. The number of anilines is 6. The molecule has 0 spiro atoms. The molecule has 0 heterocycles. The molecule has 0 radical (unpaired) electrons. The molecule has 0 amide bonds. The average molecular weight is 1100 g/mol. The molecule has 2 heteroatoms. The van der Waals surface area contributed by atoms with Gasteiger partial charge in [0.2, 0.25) is 0 Å². The summed E-state index contributed by atoms with van der Waals surface area (Å²) >= 11 is 0. The van der Waals surface area contributed by atoms with Crippen molar-refractivity contribution >= 4 is 34.1 Å². The van der Waals surface area contributed by atoms with Crippen LogP contribution in [0.15, 0.2) is 261 Å². The van der Waals surface area contributed by atoms with Gasteiger partial charge in [-0.3, -0.25) is 0 Å². The van der Waals surface area contributed by atoms with Gasteiger partial charge in [0.25, 0.3) is 0 Å². The van der Waals surface area contributed by atoms with Crippen molar-refractivity contribution in [2.24, 2.45) is 17.8 Å². The van der Waals surface area contributed by atoms with E-state index in [1.807, 2.05) is 0 Å². The highest BCUT2D eigenvalue weighted by molar-refractivity contribution is 5.96. The molecular formula is C83H72N2. The number of rotatable bonds is 11. The highest BCUT2D eigenvalue weighted by atomic mass is 15.2. The zero-order chi connectivity index (χ0) is 56.6. The topological polar surface area (TPSA) is 6.48 Å². The van der Waals surface area contributed by atoms with Gasteiger partial charge in [-0.05, 0) is 249 Å². The molecule has 20 rings (SSSR count). The first kappa shape index (κ1) is 51.6. The SMILES string of the molecule is CC1(C)c2cc(-c3ccccc3)ccc2-c2ccc(N(c3ccc(-c4c(-c5ccccc5)cccc4-c4ccccc4)cc3)c3cc4ccc3CCc3ccc(c(N(c5ccccc5)c5ccc(C67CC8CC(CC(C8)C6)C7)cc5)c3)CC4)cc21. The molecule has 0 aromatic heterocycles. The summed E-state index contributed by atoms with van der Waals surface area (Å²) in [4.78, 5) is 5.14. The molecule has 8 bridgehead atoms. The molecule has 4 fully saturated rings. The standard InChI is InChI=1S/C83H72N2/c1-82(2)77-51-67(61-16-7-3-8-17-61)36-44-75(77)76-45-43-72(52-78(76)82)85(70-39-34-66(35-40-70)81-73(62-18-9-4-10-19-62)24-15-25-74(81)63-20-11-5-12-21-63)80-50-57-27-31-64-30-26-56(28-32-65(80)33-29-57)49-79(64)84(69-22-13-6-14-23-69)71-41-37-68(38-42-71)83-53-58-46-59(54-83)48-60(47-58)55-83/h3-26,29-30,33-45,49-52,58-60H,27-28,31-32,46-48,53-55H2,1-2H3. The third-order valence-corrected chi connectivity index (χ3v) is 20.6. The van der Waals surface area contributed by atoms with Gasteiger partial charge >= 0.3 is 0 Å². The van der Waals surface area contributed by atoms with E-state index in [4.69, 9.17) is 0 Å². The Kier molecular flexibility index (Phi) is 12.7. The van der Waals surface area contributed by atoms with Gasteiger partial charge in [-0.1, -0.05) is 208 Å². The maximum atomic E-state index is 2.59. The molecule has 11 aromatic rings. The van der Waals surface area contributed by atoms with Crippen LogP contribution >= 0.6 is 0 Å². The lowest BCUT2D eigenvalue weighted by Crippen LogP contribution is -2.48. The summed E-state index contributed by atoms with van der Waals surface area (Å²) in [6.07, 6.45) is 12.2. The van der Waals surface area contributed by atoms with E-state index >= 15 is 0 Å². The summed E-state index contributed by atoms with van der Waals surface area (Å²) in [6.45, 7) is 4.84. The first-order valence-corrected chi connectivity index (χ1v) is 31.5. The Bertz CT molecular complexity index is 4180. The fraction of sp³-hybridized carbons (Fsp3) is 0.205. The molecule has 0 N–H and O–H groups in total. The number of nitrogens with zero attached hydrogens (tertiary/aromatic N) is 2. The maximum absolute atomic E-state index is 2.59. The van der Waals surface area contributed by atoms with Gasteiger partial charge in [0.1, 0.15) is 0 Å². The zero-order valence-electron chi connectivity index (χ0n) is 49.0. The van der Waals surface area contributed by atoms with Crippen molar-refractivity contribution in [3.8, 4) is 55.6 Å². The van der Waals surface area contributed by atoms with E-state index < -0.39 is 0 Å². The molecule has 11 aromatic carbocycles. The van der Waals surface area contributed by atoms with Crippen molar-refractivity contribution in [3.63, 3.8) is 0 Å². The van der Waals surface area contributed by atoms with Crippen LogP contribution in [0.1, 0.15) is 91.3 Å². The van der Waals surface area contributed by atoms with Crippen LogP contribution in [-0.2, 0) is 36.5 Å². The predicted octanol–water partition coefficient (Wildman–Crippen LogP) is 22.0. The van der Waals surface area contributed by atoms with Gasteiger partial charge in [0, 0.05) is 39.5 Å². The minimum atomic E-state index is -0.217. The normalized spacial score (nSPS) is 19.4. The fourth-order valence-corrected chi connectivity index (χ4v) is 16.8. The number of para-hydroxylation sites is 1. The third kappa shape index (κ3) is 9.24. The van der Waals surface area contributed by atoms with E-state index in [2.05, 4.69) is 285 Å². The minimum Gasteiger partial charge on any atom is -0.310 e. The molecule has 0 aliphatic heterocycles. The number of hydrogen-bond donors (Lipinski definition) is 0. The third-order valence-electron chi connectivity index (χ3n) is 20.6. The number of hydrogen-bond acceptors (Lipinski definition) is 2. The molecule has 9 aliphatic carbocycles. The van der Waals surface area contributed by atoms with Crippen molar-refractivity contribution in [2.75, 3.05) is 9.80 Å². The smallest absolute Gasteiger partial charge is 0.0496 e. The van der Waals surface area contributed by atoms with Crippen LogP contribution in [0.25, 0.3) is 55.6 Å². The largest absolute Gasteiger partial charge is 0.310 e. The molecular weight excluding hydrogens is 1020 g/mol. The van der Waals surface area contributed by atoms with Crippen molar-refractivity contribution in [2.45, 2.75) is 88.9 Å². The maximum Gasteiger partial charge on any atom is 0.0496 e. The first-order valence-electron chi connectivity index (χ1n) is 31.5. The molecule has 0 atom stereocenters. The monoisotopic (exact) mass is 1100 g/mol.